The highest BCUT2D eigenvalue weighted by molar-refractivity contribution is 5.99. The minimum atomic E-state index is -0.363. The zero-order chi connectivity index (χ0) is 22.3. The van der Waals surface area contributed by atoms with Gasteiger partial charge < -0.3 is 14.4 Å². The minimum Gasteiger partial charge on any atom is -0.493 e. The molecule has 1 N–H and O–H groups in total. The van der Waals surface area contributed by atoms with Crippen LogP contribution in [-0.4, -0.2) is 41.5 Å². The third-order valence-electron chi connectivity index (χ3n) is 4.97. The Hall–Kier alpha value is -4.14. The van der Waals surface area contributed by atoms with Crippen LogP contribution < -0.4 is 19.8 Å². The molecule has 0 atom stereocenters. The number of hydrazone groups is 1. The Balaban J connectivity index is 1.40. The number of rotatable bonds is 8. The van der Waals surface area contributed by atoms with Gasteiger partial charge >= 0.3 is 0 Å². The lowest BCUT2D eigenvalue weighted by Crippen LogP contribution is -2.24. The molecule has 4 rings (SSSR count). The maximum absolute atomic E-state index is 12.5. The lowest BCUT2D eigenvalue weighted by molar-refractivity contribution is -0.117. The van der Waals surface area contributed by atoms with Crippen LogP contribution in [-0.2, 0) is 11.5 Å². The van der Waals surface area contributed by atoms with Crippen LogP contribution >= 0.6 is 0 Å². The van der Waals surface area contributed by atoms with E-state index in [-0.39, 0.29) is 18.5 Å². The molecule has 1 aromatic heterocycles. The summed E-state index contributed by atoms with van der Waals surface area (Å²) in [6.07, 6.45) is 6.35. The summed E-state index contributed by atoms with van der Waals surface area (Å²) < 4.78 is 12.8. The number of hydrogen-bond acceptors (Lipinski definition) is 6. The highest BCUT2D eigenvalue weighted by Crippen LogP contribution is 2.28. The number of aromatic nitrogens is 2. The summed E-state index contributed by atoms with van der Waals surface area (Å²) in [5, 5.41) is 8.15. The molecule has 1 aliphatic rings. The molecule has 1 saturated heterocycles. The van der Waals surface area contributed by atoms with Crippen molar-refractivity contribution < 1.29 is 19.1 Å². The largest absolute Gasteiger partial charge is 0.493 e. The average Bonchev–Trinajstić information content (AvgIpc) is 3.49. The van der Waals surface area contributed by atoms with E-state index in [1.807, 2.05) is 12.1 Å². The van der Waals surface area contributed by atoms with Gasteiger partial charge in [-0.2, -0.15) is 10.2 Å². The van der Waals surface area contributed by atoms with E-state index >= 15 is 0 Å². The Morgan fingerprint density at radius 1 is 1.22 bits per heavy atom. The summed E-state index contributed by atoms with van der Waals surface area (Å²) in [4.78, 5) is 26.1. The Morgan fingerprint density at radius 3 is 2.88 bits per heavy atom. The van der Waals surface area contributed by atoms with E-state index in [2.05, 4.69) is 15.6 Å². The molecule has 2 heterocycles. The van der Waals surface area contributed by atoms with E-state index in [1.54, 1.807) is 65.5 Å². The second-order valence-corrected chi connectivity index (χ2v) is 7.13. The number of nitrogens with zero attached hydrogens (tertiary/aromatic N) is 4. The van der Waals surface area contributed by atoms with Gasteiger partial charge in [0.1, 0.15) is 0 Å². The molecule has 0 bridgehead atoms. The molecule has 164 valence electrons. The highest BCUT2D eigenvalue weighted by Gasteiger charge is 2.22. The predicted molar refractivity (Wildman–Crippen MR) is 119 cm³/mol. The first kappa shape index (κ1) is 21.1. The molecule has 9 heteroatoms. The van der Waals surface area contributed by atoms with Crippen molar-refractivity contribution in [3.8, 4) is 11.5 Å². The number of benzene rings is 2. The predicted octanol–water partition coefficient (Wildman–Crippen LogP) is 2.82. The summed E-state index contributed by atoms with van der Waals surface area (Å²) in [5.41, 5.74) is 4.39. The van der Waals surface area contributed by atoms with Gasteiger partial charge in [0.2, 0.25) is 5.91 Å². The first-order valence-corrected chi connectivity index (χ1v) is 10.2. The highest BCUT2D eigenvalue weighted by atomic mass is 16.5. The van der Waals surface area contributed by atoms with Crippen LogP contribution in [0.3, 0.4) is 0 Å². The van der Waals surface area contributed by atoms with Gasteiger partial charge in [0, 0.05) is 36.6 Å². The molecule has 0 unspecified atom stereocenters. The van der Waals surface area contributed by atoms with Crippen LogP contribution in [0.2, 0.25) is 0 Å². The third kappa shape index (κ3) is 4.94. The summed E-state index contributed by atoms with van der Waals surface area (Å²) >= 11 is 0. The van der Waals surface area contributed by atoms with E-state index in [1.165, 1.54) is 6.21 Å². The summed E-state index contributed by atoms with van der Waals surface area (Å²) in [5.74, 6) is 0.817. The van der Waals surface area contributed by atoms with Crippen LogP contribution in [0, 0.1) is 0 Å². The average molecular weight is 433 g/mol. The van der Waals surface area contributed by atoms with Crippen LogP contribution in [0.5, 0.6) is 11.5 Å². The Bertz CT molecular complexity index is 1130. The fourth-order valence-corrected chi connectivity index (χ4v) is 3.37. The maximum Gasteiger partial charge on any atom is 0.271 e. The van der Waals surface area contributed by atoms with Crippen molar-refractivity contribution in [1.29, 1.82) is 0 Å². The maximum atomic E-state index is 12.5. The van der Waals surface area contributed by atoms with Gasteiger partial charge in [0.15, 0.2) is 18.2 Å². The smallest absolute Gasteiger partial charge is 0.271 e. The monoisotopic (exact) mass is 433 g/mol. The Morgan fingerprint density at radius 2 is 2.12 bits per heavy atom. The summed E-state index contributed by atoms with van der Waals surface area (Å²) in [6, 6.07) is 14.1. The van der Waals surface area contributed by atoms with Crippen LogP contribution in [0.15, 0.2) is 66.0 Å². The molecule has 0 spiro atoms. The van der Waals surface area contributed by atoms with E-state index in [0.717, 1.165) is 17.7 Å². The van der Waals surface area contributed by atoms with Crippen molar-refractivity contribution in [2.75, 3.05) is 18.6 Å². The van der Waals surface area contributed by atoms with Crippen molar-refractivity contribution in [3.63, 3.8) is 0 Å². The lowest BCUT2D eigenvalue weighted by Gasteiger charge is -2.16. The summed E-state index contributed by atoms with van der Waals surface area (Å²) in [6.45, 7) is 0.904. The van der Waals surface area contributed by atoms with Crippen molar-refractivity contribution in [2.45, 2.75) is 19.6 Å². The van der Waals surface area contributed by atoms with Gasteiger partial charge in [-0.05, 0) is 54.4 Å². The minimum absolute atomic E-state index is 0.0747. The van der Waals surface area contributed by atoms with Gasteiger partial charge in [-0.25, -0.2) is 10.1 Å². The number of carbonyl (C=O) groups excluding carboxylic acids is 2. The number of amides is 2. The molecule has 0 saturated carbocycles. The molecule has 2 aromatic carbocycles. The van der Waals surface area contributed by atoms with Gasteiger partial charge in [0.05, 0.1) is 13.3 Å². The number of methoxy groups -OCH3 is 1. The van der Waals surface area contributed by atoms with Crippen molar-refractivity contribution in [2.24, 2.45) is 5.10 Å². The van der Waals surface area contributed by atoms with E-state index < -0.39 is 0 Å². The molecular formula is C23H23N5O4. The van der Waals surface area contributed by atoms with Crippen LogP contribution in [0.4, 0.5) is 5.69 Å². The molecule has 9 nitrogen and oxygen atoms in total. The van der Waals surface area contributed by atoms with Gasteiger partial charge in [-0.15, -0.1) is 0 Å². The second-order valence-electron chi connectivity index (χ2n) is 7.13. The zero-order valence-corrected chi connectivity index (χ0v) is 17.6. The molecule has 0 radical (unpaired) electrons. The van der Waals surface area contributed by atoms with E-state index in [0.29, 0.717) is 30.0 Å². The van der Waals surface area contributed by atoms with Gasteiger partial charge in [-0.1, -0.05) is 6.07 Å². The van der Waals surface area contributed by atoms with Crippen molar-refractivity contribution in [1.82, 2.24) is 15.2 Å². The first-order chi connectivity index (χ1) is 15.6. The molecule has 32 heavy (non-hydrogen) atoms. The van der Waals surface area contributed by atoms with Crippen molar-refractivity contribution >= 4 is 23.7 Å². The molecule has 0 aliphatic carbocycles. The van der Waals surface area contributed by atoms with E-state index in [4.69, 9.17) is 9.47 Å². The fourth-order valence-electron chi connectivity index (χ4n) is 3.37. The first-order valence-electron chi connectivity index (χ1n) is 10.2. The molecule has 3 aromatic rings. The Kier molecular flexibility index (Phi) is 6.45. The van der Waals surface area contributed by atoms with Crippen molar-refractivity contribution in [3.05, 3.63) is 72.1 Å². The molecule has 1 fully saturated rings. The van der Waals surface area contributed by atoms with Gasteiger partial charge in [-0.3, -0.25) is 9.59 Å². The molecule has 1 aliphatic heterocycles. The van der Waals surface area contributed by atoms with E-state index in [9.17, 15) is 9.59 Å². The van der Waals surface area contributed by atoms with Crippen LogP contribution in [0.1, 0.15) is 28.8 Å². The lowest BCUT2D eigenvalue weighted by atomic mass is 10.2. The SMILES string of the molecule is COc1ccc(/C=N\NC(=O)c2cccc(N3CCCC3=O)c2)cc1OCn1cccn1. The summed E-state index contributed by atoms with van der Waals surface area (Å²) in [7, 11) is 1.56. The molecule has 2 amide bonds. The normalized spacial score (nSPS) is 13.5. The Labute approximate surface area is 185 Å². The topological polar surface area (TPSA) is 98.0 Å². The zero-order valence-electron chi connectivity index (χ0n) is 17.6. The fraction of sp³-hybridized carbons (Fsp3) is 0.217. The van der Waals surface area contributed by atoms with Crippen LogP contribution in [0.25, 0.3) is 0 Å². The number of ether oxygens (including phenoxy) is 2. The quantitative estimate of drug-likeness (QED) is 0.435. The number of hydrogen-bond donors (Lipinski definition) is 1. The number of anilines is 1. The standard InChI is InChI=1S/C23H23N5O4/c1-31-20-9-8-17(13-21(20)32-16-27-11-4-10-25-27)15-24-26-23(30)18-5-2-6-19(14-18)28-12-3-7-22(28)29/h2,4-6,8-11,13-15H,3,7,12,16H2,1H3,(H,26,30)/b24-15-. The number of nitrogens with one attached hydrogen (secondary N) is 1. The van der Waals surface area contributed by atoms with Gasteiger partial charge in [0.25, 0.3) is 5.91 Å². The second kappa shape index (κ2) is 9.78. The number of carbonyl (C=O) groups is 2. The third-order valence-corrected chi connectivity index (χ3v) is 4.97. The molecular weight excluding hydrogens is 410 g/mol.